The quantitative estimate of drug-likeness (QED) is 0.376. The van der Waals surface area contributed by atoms with Crippen LogP contribution in [0, 0.1) is 0 Å². The molecule has 0 aliphatic heterocycles. The fourth-order valence-electron chi connectivity index (χ4n) is 2.29. The monoisotopic (exact) mass is 336 g/mol. The lowest BCUT2D eigenvalue weighted by Gasteiger charge is -2.19. The van der Waals surface area contributed by atoms with Crippen LogP contribution < -0.4 is 10.6 Å². The summed E-state index contributed by atoms with van der Waals surface area (Å²) in [6.07, 6.45) is 4.07. The van der Waals surface area contributed by atoms with Gasteiger partial charge in [-0.1, -0.05) is 49.2 Å². The van der Waals surface area contributed by atoms with E-state index in [9.17, 15) is 4.57 Å². The Hall–Kier alpha value is -1.08. The average molecular weight is 337 g/mol. The highest BCUT2D eigenvalue weighted by molar-refractivity contribution is 7.74. The summed E-state index contributed by atoms with van der Waals surface area (Å²) < 4.78 is 19.4. The van der Waals surface area contributed by atoms with Gasteiger partial charge in [-0.25, -0.2) is 0 Å². The van der Waals surface area contributed by atoms with Gasteiger partial charge in [0.25, 0.3) is 7.37 Å². The van der Waals surface area contributed by atoms with Crippen molar-refractivity contribution in [2.75, 3.05) is 12.5 Å². The summed E-state index contributed by atoms with van der Waals surface area (Å²) in [7, 11) is -3.01. The molecule has 2 aromatic rings. The molecule has 4 heteroatoms. The summed E-state index contributed by atoms with van der Waals surface area (Å²) in [6, 6.07) is 18.9. The summed E-state index contributed by atoms with van der Waals surface area (Å²) >= 11 is 5.67. The fraction of sp³-hybridized carbons (Fsp3) is 0.333. The van der Waals surface area contributed by atoms with Gasteiger partial charge in [-0.05, 0) is 37.1 Å². The smallest absolute Gasteiger partial charge is 0.261 e. The van der Waals surface area contributed by atoms with E-state index in [2.05, 4.69) is 0 Å². The average Bonchev–Trinajstić information content (AvgIpc) is 2.59. The van der Waals surface area contributed by atoms with Crippen LogP contribution in [0.25, 0.3) is 0 Å². The second kappa shape index (κ2) is 9.15. The van der Waals surface area contributed by atoms with Gasteiger partial charge < -0.3 is 4.52 Å². The van der Waals surface area contributed by atoms with Crippen molar-refractivity contribution in [3.63, 3.8) is 0 Å². The van der Waals surface area contributed by atoms with Crippen LogP contribution >= 0.6 is 19.0 Å². The normalized spacial score (nSPS) is 11.5. The minimum atomic E-state index is -3.01. The Balaban J connectivity index is 2.09. The van der Waals surface area contributed by atoms with Crippen LogP contribution in [0.3, 0.4) is 0 Å². The molecule has 2 aromatic carbocycles. The number of rotatable bonds is 9. The van der Waals surface area contributed by atoms with Crippen LogP contribution in [-0.2, 0) is 9.09 Å². The van der Waals surface area contributed by atoms with Crippen LogP contribution in [0.1, 0.15) is 25.7 Å². The summed E-state index contributed by atoms with van der Waals surface area (Å²) in [6.45, 7) is 0.503. The Morgan fingerprint density at radius 2 is 1.27 bits per heavy atom. The molecule has 0 saturated heterocycles. The Morgan fingerprint density at radius 1 is 0.773 bits per heavy atom. The van der Waals surface area contributed by atoms with Gasteiger partial charge in [0.2, 0.25) is 0 Å². The summed E-state index contributed by atoms with van der Waals surface area (Å²) in [5.41, 5.74) is 0. The zero-order valence-corrected chi connectivity index (χ0v) is 14.3. The van der Waals surface area contributed by atoms with Crippen LogP contribution in [0.2, 0.25) is 0 Å². The highest BCUT2D eigenvalue weighted by atomic mass is 35.5. The molecule has 0 bridgehead atoms. The maximum atomic E-state index is 13.5. The van der Waals surface area contributed by atoms with E-state index in [1.165, 1.54) is 0 Å². The van der Waals surface area contributed by atoms with Gasteiger partial charge in [0.1, 0.15) is 0 Å². The first-order valence-electron chi connectivity index (χ1n) is 7.69. The van der Waals surface area contributed by atoms with E-state index < -0.39 is 7.37 Å². The van der Waals surface area contributed by atoms with E-state index in [0.717, 1.165) is 36.3 Å². The zero-order valence-electron chi connectivity index (χ0n) is 12.7. The molecule has 0 heterocycles. The maximum absolute atomic E-state index is 13.5. The third-order valence-corrected chi connectivity index (χ3v) is 6.26. The molecular formula is C18H22ClO2P. The molecule has 2 rings (SSSR count). The Labute approximate surface area is 137 Å². The predicted octanol–water partition coefficient (Wildman–Crippen LogP) is 4.73. The number of hydrogen-bond donors (Lipinski definition) is 0. The van der Waals surface area contributed by atoms with E-state index in [0.29, 0.717) is 12.5 Å². The molecule has 0 N–H and O–H groups in total. The largest absolute Gasteiger partial charge is 0.322 e. The molecule has 22 heavy (non-hydrogen) atoms. The maximum Gasteiger partial charge on any atom is 0.261 e. The molecule has 0 aromatic heterocycles. The van der Waals surface area contributed by atoms with Gasteiger partial charge >= 0.3 is 0 Å². The second-order valence-corrected chi connectivity index (χ2v) is 7.93. The first-order chi connectivity index (χ1) is 10.8. The zero-order chi connectivity index (χ0) is 15.7. The van der Waals surface area contributed by atoms with Crippen LogP contribution in [0.5, 0.6) is 0 Å². The third-order valence-electron chi connectivity index (χ3n) is 3.49. The van der Waals surface area contributed by atoms with E-state index in [4.69, 9.17) is 16.1 Å². The van der Waals surface area contributed by atoms with Crippen molar-refractivity contribution >= 4 is 29.6 Å². The van der Waals surface area contributed by atoms with E-state index in [1.54, 1.807) is 0 Å². The van der Waals surface area contributed by atoms with Crippen molar-refractivity contribution in [1.29, 1.82) is 0 Å². The van der Waals surface area contributed by atoms with E-state index in [1.807, 2.05) is 60.7 Å². The van der Waals surface area contributed by atoms with Crippen molar-refractivity contribution in [1.82, 2.24) is 0 Å². The molecule has 0 aliphatic carbocycles. The molecule has 0 spiro atoms. The molecule has 0 atom stereocenters. The first-order valence-corrected chi connectivity index (χ1v) is 9.85. The lowest BCUT2D eigenvalue weighted by atomic mass is 10.2. The van der Waals surface area contributed by atoms with Crippen molar-refractivity contribution < 1.29 is 9.09 Å². The lowest BCUT2D eigenvalue weighted by molar-refractivity contribution is 0.314. The number of alkyl halides is 1. The highest BCUT2D eigenvalue weighted by Gasteiger charge is 2.27. The van der Waals surface area contributed by atoms with E-state index >= 15 is 0 Å². The topological polar surface area (TPSA) is 26.3 Å². The van der Waals surface area contributed by atoms with Crippen LogP contribution in [-0.4, -0.2) is 12.5 Å². The second-order valence-electron chi connectivity index (χ2n) is 5.16. The fourth-order valence-corrected chi connectivity index (χ4v) is 4.59. The predicted molar refractivity (Wildman–Crippen MR) is 94.9 cm³/mol. The minimum Gasteiger partial charge on any atom is -0.322 e. The Kier molecular flexibility index (Phi) is 7.18. The summed E-state index contributed by atoms with van der Waals surface area (Å²) in [4.78, 5) is 0. The number of halogens is 1. The molecule has 0 unspecified atom stereocenters. The Bertz CT molecular complexity index is 543. The molecular weight excluding hydrogens is 315 g/mol. The third kappa shape index (κ3) is 4.71. The Morgan fingerprint density at radius 3 is 1.77 bits per heavy atom. The SMILES string of the molecule is O=P(OCCCCCCCl)(c1ccccc1)c1ccccc1. The van der Waals surface area contributed by atoms with Crippen LogP contribution in [0.4, 0.5) is 0 Å². The van der Waals surface area contributed by atoms with Crippen LogP contribution in [0.15, 0.2) is 60.7 Å². The van der Waals surface area contributed by atoms with Crippen molar-refractivity contribution in [3.05, 3.63) is 60.7 Å². The highest BCUT2D eigenvalue weighted by Crippen LogP contribution is 2.44. The molecule has 0 amide bonds. The number of unbranched alkanes of at least 4 members (excludes halogenated alkanes) is 3. The van der Waals surface area contributed by atoms with Gasteiger partial charge in [-0.3, -0.25) is 4.57 Å². The molecule has 118 valence electrons. The van der Waals surface area contributed by atoms with Crippen molar-refractivity contribution in [2.45, 2.75) is 25.7 Å². The minimum absolute atomic E-state index is 0.503. The summed E-state index contributed by atoms with van der Waals surface area (Å²) in [5.74, 6) is 0.702. The van der Waals surface area contributed by atoms with Gasteiger partial charge in [0, 0.05) is 16.5 Å². The molecule has 0 saturated carbocycles. The standard InChI is InChI=1S/C18H22ClO2P/c19-15-9-1-2-10-16-21-22(20,17-11-5-3-6-12-17)18-13-7-4-8-14-18/h3-8,11-14H,1-2,9-10,15-16H2. The molecule has 0 aliphatic rings. The number of hydrogen-bond acceptors (Lipinski definition) is 2. The van der Waals surface area contributed by atoms with Gasteiger partial charge in [-0.15, -0.1) is 11.6 Å². The molecule has 2 nitrogen and oxygen atoms in total. The van der Waals surface area contributed by atoms with Gasteiger partial charge in [0.05, 0.1) is 6.61 Å². The molecule has 0 radical (unpaired) electrons. The van der Waals surface area contributed by atoms with Crippen molar-refractivity contribution in [2.24, 2.45) is 0 Å². The summed E-state index contributed by atoms with van der Waals surface area (Å²) in [5, 5.41) is 1.50. The van der Waals surface area contributed by atoms with Crippen molar-refractivity contribution in [3.8, 4) is 0 Å². The van der Waals surface area contributed by atoms with E-state index in [-0.39, 0.29) is 0 Å². The van der Waals surface area contributed by atoms with Gasteiger partial charge in [-0.2, -0.15) is 0 Å². The number of benzene rings is 2. The lowest BCUT2D eigenvalue weighted by Crippen LogP contribution is -2.18. The van der Waals surface area contributed by atoms with Gasteiger partial charge in [0.15, 0.2) is 0 Å². The first kappa shape index (κ1) is 17.3. The molecule has 0 fully saturated rings.